The Bertz CT molecular complexity index is 689. The van der Waals surface area contributed by atoms with Crippen LogP contribution in [0.4, 0.5) is 0 Å². The molecule has 0 spiro atoms. The van der Waals surface area contributed by atoms with E-state index in [1.165, 1.54) is 10.4 Å². The van der Waals surface area contributed by atoms with Crippen LogP contribution in [0.25, 0.3) is 0 Å². The molecule has 5 nitrogen and oxygen atoms in total. The third-order valence-corrected chi connectivity index (χ3v) is 7.14. The molecule has 1 aliphatic heterocycles. The summed E-state index contributed by atoms with van der Waals surface area (Å²) >= 11 is 6.58. The fraction of sp³-hybridized carbons (Fsp3) is 0.462. The maximum atomic E-state index is 12.9. The number of hydrogen-bond acceptors (Lipinski definition) is 3. The van der Waals surface area contributed by atoms with Gasteiger partial charge in [0.1, 0.15) is 5.54 Å². The van der Waals surface area contributed by atoms with Gasteiger partial charge in [-0.05, 0) is 48.0 Å². The van der Waals surface area contributed by atoms with Crippen molar-refractivity contribution in [1.82, 2.24) is 9.21 Å². The maximum absolute atomic E-state index is 12.9. The summed E-state index contributed by atoms with van der Waals surface area (Å²) in [7, 11) is -2.07. The second-order valence-electron chi connectivity index (χ2n) is 5.44. The molecule has 0 radical (unpaired) electrons. The second-order valence-corrected chi connectivity index (χ2v) is 9.04. The number of halogens is 2. The van der Waals surface area contributed by atoms with Gasteiger partial charge in [0.2, 0.25) is 15.9 Å². The number of hydrogen-bond donors (Lipinski definition) is 0. The van der Waals surface area contributed by atoms with Crippen molar-refractivity contribution in [3.63, 3.8) is 0 Å². The molecular formula is C13H16Br2N2O3S. The first-order valence-electron chi connectivity index (χ1n) is 6.32. The van der Waals surface area contributed by atoms with Crippen molar-refractivity contribution < 1.29 is 13.2 Å². The lowest BCUT2D eigenvalue weighted by molar-refractivity contribution is -0.142. The van der Waals surface area contributed by atoms with Gasteiger partial charge in [-0.15, -0.1) is 0 Å². The van der Waals surface area contributed by atoms with Crippen LogP contribution in [0.15, 0.2) is 32.0 Å². The molecule has 1 aliphatic rings. The van der Waals surface area contributed by atoms with Gasteiger partial charge >= 0.3 is 0 Å². The molecule has 2 rings (SSSR count). The number of likely N-dealkylation sites (N-methyl/N-ethyl adjacent to an activating group) is 1. The summed E-state index contributed by atoms with van der Waals surface area (Å²) in [6.45, 7) is 3.93. The molecule has 21 heavy (non-hydrogen) atoms. The van der Waals surface area contributed by atoms with E-state index in [1.54, 1.807) is 37.9 Å². The predicted molar refractivity (Wildman–Crippen MR) is 87.4 cm³/mol. The Balaban J connectivity index is 2.51. The highest BCUT2D eigenvalue weighted by atomic mass is 79.9. The van der Waals surface area contributed by atoms with E-state index in [0.29, 0.717) is 11.0 Å². The van der Waals surface area contributed by atoms with Crippen LogP contribution in [-0.2, 0) is 14.8 Å². The first-order chi connectivity index (χ1) is 9.58. The molecule has 0 bridgehead atoms. The number of benzene rings is 1. The average molecular weight is 440 g/mol. The van der Waals surface area contributed by atoms with E-state index in [1.807, 2.05) is 0 Å². The first kappa shape index (κ1) is 16.9. The highest BCUT2D eigenvalue weighted by molar-refractivity contribution is 9.11. The highest BCUT2D eigenvalue weighted by Crippen LogP contribution is 2.33. The first-order valence-corrected chi connectivity index (χ1v) is 9.34. The van der Waals surface area contributed by atoms with Gasteiger partial charge in [0.15, 0.2) is 0 Å². The van der Waals surface area contributed by atoms with Crippen molar-refractivity contribution in [2.75, 3.05) is 20.1 Å². The molecule has 0 N–H and O–H groups in total. The molecule has 1 saturated heterocycles. The fourth-order valence-electron chi connectivity index (χ4n) is 2.42. The summed E-state index contributed by atoms with van der Waals surface area (Å²) in [6, 6.07) is 4.88. The molecule has 1 aromatic rings. The van der Waals surface area contributed by atoms with Crippen molar-refractivity contribution in [3.05, 3.63) is 27.1 Å². The van der Waals surface area contributed by atoms with Crippen molar-refractivity contribution in [3.8, 4) is 0 Å². The Hall–Kier alpha value is -0.440. The summed E-state index contributed by atoms with van der Waals surface area (Å²) in [5, 5.41) is 0. The van der Waals surface area contributed by atoms with Crippen LogP contribution in [-0.4, -0.2) is 49.2 Å². The van der Waals surface area contributed by atoms with E-state index < -0.39 is 15.6 Å². The second kappa shape index (κ2) is 5.64. The molecule has 0 atom stereocenters. The van der Waals surface area contributed by atoms with Gasteiger partial charge in [0, 0.05) is 29.1 Å². The van der Waals surface area contributed by atoms with Gasteiger partial charge in [-0.3, -0.25) is 4.79 Å². The number of carbonyl (C=O) groups is 1. The van der Waals surface area contributed by atoms with Gasteiger partial charge < -0.3 is 4.90 Å². The smallest absolute Gasteiger partial charge is 0.245 e. The molecule has 1 amide bonds. The van der Waals surface area contributed by atoms with Crippen LogP contribution in [0.5, 0.6) is 0 Å². The minimum atomic E-state index is -3.76. The zero-order chi connectivity index (χ0) is 16.0. The predicted octanol–water partition coefficient (Wildman–Crippen LogP) is 2.45. The Morgan fingerprint density at radius 2 is 1.81 bits per heavy atom. The van der Waals surface area contributed by atoms with Crippen LogP contribution < -0.4 is 0 Å². The number of carbonyl (C=O) groups excluding carboxylic acids is 1. The number of rotatable bonds is 2. The van der Waals surface area contributed by atoms with Gasteiger partial charge in [-0.25, -0.2) is 8.42 Å². The molecule has 0 saturated carbocycles. The lowest BCUT2D eigenvalue weighted by Gasteiger charge is -2.43. The molecule has 1 aromatic carbocycles. The molecule has 1 heterocycles. The topological polar surface area (TPSA) is 57.7 Å². The molecule has 8 heteroatoms. The zero-order valence-corrected chi connectivity index (χ0v) is 15.9. The molecule has 0 unspecified atom stereocenters. The van der Waals surface area contributed by atoms with Crippen molar-refractivity contribution in [2.45, 2.75) is 24.3 Å². The molecule has 0 aromatic heterocycles. The zero-order valence-electron chi connectivity index (χ0n) is 11.9. The van der Waals surface area contributed by atoms with Crippen LogP contribution >= 0.6 is 31.9 Å². The average Bonchev–Trinajstić information content (AvgIpc) is 2.35. The number of sulfonamides is 1. The van der Waals surface area contributed by atoms with Crippen molar-refractivity contribution in [1.29, 1.82) is 0 Å². The minimum Gasteiger partial charge on any atom is -0.343 e. The normalized spacial score (nSPS) is 19.9. The van der Waals surface area contributed by atoms with E-state index in [0.717, 1.165) is 4.47 Å². The lowest BCUT2D eigenvalue weighted by Crippen LogP contribution is -2.63. The van der Waals surface area contributed by atoms with E-state index in [2.05, 4.69) is 31.9 Å². The van der Waals surface area contributed by atoms with Crippen LogP contribution in [0.1, 0.15) is 13.8 Å². The fourth-order valence-corrected chi connectivity index (χ4v) is 5.86. The Morgan fingerprint density at radius 1 is 1.19 bits per heavy atom. The van der Waals surface area contributed by atoms with Crippen LogP contribution in [0, 0.1) is 0 Å². The van der Waals surface area contributed by atoms with Crippen molar-refractivity contribution >= 4 is 47.8 Å². The van der Waals surface area contributed by atoms with E-state index >= 15 is 0 Å². The van der Waals surface area contributed by atoms with Gasteiger partial charge in [-0.2, -0.15) is 4.31 Å². The summed E-state index contributed by atoms with van der Waals surface area (Å²) in [4.78, 5) is 14.0. The Morgan fingerprint density at radius 3 is 2.38 bits per heavy atom. The number of amides is 1. The van der Waals surface area contributed by atoms with Gasteiger partial charge in [-0.1, -0.05) is 15.9 Å². The third kappa shape index (κ3) is 2.91. The van der Waals surface area contributed by atoms with E-state index in [4.69, 9.17) is 0 Å². The molecule has 0 aliphatic carbocycles. The number of piperazine rings is 1. The quantitative estimate of drug-likeness (QED) is 0.711. The highest BCUT2D eigenvalue weighted by Gasteiger charge is 2.47. The summed E-state index contributed by atoms with van der Waals surface area (Å²) in [5.41, 5.74) is -1.10. The SMILES string of the molecule is CN1CCN(S(=O)(=O)c2ccc(Br)cc2Br)C(C)(C)C1=O. The van der Waals surface area contributed by atoms with Crippen molar-refractivity contribution in [2.24, 2.45) is 0 Å². The molecule has 1 fully saturated rings. The minimum absolute atomic E-state index is 0.163. The van der Waals surface area contributed by atoms with E-state index in [9.17, 15) is 13.2 Å². The third-order valence-electron chi connectivity index (χ3n) is 3.59. The monoisotopic (exact) mass is 438 g/mol. The lowest BCUT2D eigenvalue weighted by atomic mass is 10.0. The van der Waals surface area contributed by atoms with Gasteiger partial charge in [0.25, 0.3) is 0 Å². The Labute approximate surface area is 141 Å². The largest absolute Gasteiger partial charge is 0.343 e. The van der Waals surface area contributed by atoms with Crippen LogP contribution in [0.2, 0.25) is 0 Å². The number of nitrogens with zero attached hydrogens (tertiary/aromatic N) is 2. The standard InChI is InChI=1S/C13H16Br2N2O3S/c1-13(2)12(18)16(3)6-7-17(13)21(19,20)11-5-4-9(14)8-10(11)15/h4-5,8H,6-7H2,1-3H3. The summed E-state index contributed by atoms with van der Waals surface area (Å²) in [6.07, 6.45) is 0. The van der Waals surface area contributed by atoms with E-state index in [-0.39, 0.29) is 17.3 Å². The van der Waals surface area contributed by atoms with Gasteiger partial charge in [0.05, 0.1) is 4.90 Å². The Kier molecular flexibility index (Phi) is 4.55. The molecular weight excluding hydrogens is 424 g/mol. The summed E-state index contributed by atoms with van der Waals surface area (Å²) in [5.74, 6) is -0.203. The maximum Gasteiger partial charge on any atom is 0.245 e. The van der Waals surface area contributed by atoms with Crippen LogP contribution in [0.3, 0.4) is 0 Å². The molecule has 116 valence electrons. The summed E-state index contributed by atoms with van der Waals surface area (Å²) < 4.78 is 28.3.